The topological polar surface area (TPSA) is 84.5 Å². The molecule has 0 spiro atoms. The molecule has 0 aliphatic rings. The van der Waals surface area contributed by atoms with E-state index in [1.165, 1.54) is 13.0 Å². The molecule has 0 bridgehead atoms. The fourth-order valence-corrected chi connectivity index (χ4v) is 2.64. The second-order valence-corrected chi connectivity index (χ2v) is 6.55. The average Bonchev–Trinajstić information content (AvgIpc) is 2.69. The molecular formula is C22H17ClN2O4. The highest BCUT2D eigenvalue weighted by Gasteiger charge is 2.09. The molecule has 0 radical (unpaired) electrons. The third-order valence-corrected chi connectivity index (χ3v) is 4.12. The van der Waals surface area contributed by atoms with Gasteiger partial charge in [0, 0.05) is 34.4 Å². The number of halogens is 1. The van der Waals surface area contributed by atoms with Crippen LogP contribution in [0.2, 0.25) is 5.02 Å². The largest absolute Gasteiger partial charge is 0.427 e. The van der Waals surface area contributed by atoms with Crippen LogP contribution in [0.15, 0.2) is 72.8 Å². The summed E-state index contributed by atoms with van der Waals surface area (Å²) in [5, 5.41) is 6.08. The molecule has 0 aliphatic carbocycles. The van der Waals surface area contributed by atoms with Crippen molar-refractivity contribution >= 4 is 40.8 Å². The standard InChI is InChI=1S/C22H17ClN2O4/c1-14(26)29-20-4-2-3-16(13-20)22(28)25-19-11-9-18(10-12-19)24-21(27)15-5-7-17(23)8-6-15/h2-13H,1H3,(H,24,27)(H,25,28). The molecule has 2 amide bonds. The summed E-state index contributed by atoms with van der Waals surface area (Å²) in [6.07, 6.45) is 0. The van der Waals surface area contributed by atoms with Crippen LogP contribution in [0.4, 0.5) is 11.4 Å². The number of amides is 2. The summed E-state index contributed by atoms with van der Waals surface area (Å²) >= 11 is 5.82. The normalized spacial score (nSPS) is 10.1. The van der Waals surface area contributed by atoms with Gasteiger partial charge in [0.15, 0.2) is 0 Å². The van der Waals surface area contributed by atoms with Gasteiger partial charge in [0.2, 0.25) is 0 Å². The maximum Gasteiger partial charge on any atom is 0.308 e. The Bertz CT molecular complexity index is 1050. The Morgan fingerprint density at radius 2 is 1.31 bits per heavy atom. The lowest BCUT2D eigenvalue weighted by atomic mass is 10.2. The molecule has 0 unspecified atom stereocenters. The molecule has 0 aromatic heterocycles. The summed E-state index contributed by atoms with van der Waals surface area (Å²) in [6.45, 7) is 1.29. The highest BCUT2D eigenvalue weighted by Crippen LogP contribution is 2.18. The fourth-order valence-electron chi connectivity index (χ4n) is 2.51. The molecule has 0 fully saturated rings. The van der Waals surface area contributed by atoms with Crippen LogP contribution in [0.25, 0.3) is 0 Å². The van der Waals surface area contributed by atoms with Crippen molar-refractivity contribution in [1.29, 1.82) is 0 Å². The van der Waals surface area contributed by atoms with Crippen LogP contribution in [-0.2, 0) is 4.79 Å². The minimum Gasteiger partial charge on any atom is -0.427 e. The van der Waals surface area contributed by atoms with E-state index in [-0.39, 0.29) is 11.8 Å². The van der Waals surface area contributed by atoms with E-state index in [1.807, 2.05) is 0 Å². The van der Waals surface area contributed by atoms with Crippen molar-refractivity contribution in [2.45, 2.75) is 6.92 Å². The van der Waals surface area contributed by atoms with Gasteiger partial charge in [-0.2, -0.15) is 0 Å². The molecule has 0 atom stereocenters. The van der Waals surface area contributed by atoms with E-state index in [0.717, 1.165) is 0 Å². The number of carbonyl (C=O) groups excluding carboxylic acids is 3. The van der Waals surface area contributed by atoms with Gasteiger partial charge in [0.05, 0.1) is 0 Å². The van der Waals surface area contributed by atoms with Crippen molar-refractivity contribution < 1.29 is 19.1 Å². The Labute approximate surface area is 172 Å². The minimum absolute atomic E-state index is 0.263. The maximum atomic E-state index is 12.4. The summed E-state index contributed by atoms with van der Waals surface area (Å²) in [4.78, 5) is 35.7. The number of carbonyl (C=O) groups is 3. The zero-order valence-corrected chi connectivity index (χ0v) is 16.2. The smallest absolute Gasteiger partial charge is 0.308 e. The number of hydrogen-bond donors (Lipinski definition) is 2. The third-order valence-electron chi connectivity index (χ3n) is 3.86. The zero-order chi connectivity index (χ0) is 20.8. The molecular weight excluding hydrogens is 392 g/mol. The monoisotopic (exact) mass is 408 g/mol. The molecule has 6 nitrogen and oxygen atoms in total. The van der Waals surface area contributed by atoms with Crippen molar-refractivity contribution in [2.75, 3.05) is 10.6 Å². The number of benzene rings is 3. The zero-order valence-electron chi connectivity index (χ0n) is 15.4. The summed E-state index contributed by atoms with van der Waals surface area (Å²) in [7, 11) is 0. The Kier molecular flexibility index (Phi) is 6.26. The van der Waals surface area contributed by atoms with Gasteiger partial charge in [-0.05, 0) is 66.7 Å². The summed E-state index contributed by atoms with van der Waals surface area (Å²) in [5.41, 5.74) is 1.97. The van der Waals surface area contributed by atoms with Crippen molar-refractivity contribution in [3.63, 3.8) is 0 Å². The first kappa shape index (κ1) is 20.1. The van der Waals surface area contributed by atoms with Crippen LogP contribution in [0, 0.1) is 0 Å². The van der Waals surface area contributed by atoms with Crippen molar-refractivity contribution in [3.05, 3.63) is 88.9 Å². The number of anilines is 2. The van der Waals surface area contributed by atoms with Crippen LogP contribution < -0.4 is 15.4 Å². The first-order valence-electron chi connectivity index (χ1n) is 8.67. The predicted octanol–water partition coefficient (Wildman–Crippen LogP) is 4.77. The lowest BCUT2D eigenvalue weighted by Gasteiger charge is -2.09. The molecule has 3 aromatic carbocycles. The molecule has 0 saturated carbocycles. The van der Waals surface area contributed by atoms with Crippen molar-refractivity contribution in [3.8, 4) is 5.75 Å². The van der Waals surface area contributed by atoms with Gasteiger partial charge < -0.3 is 15.4 Å². The van der Waals surface area contributed by atoms with Gasteiger partial charge in [0.1, 0.15) is 5.75 Å². The maximum absolute atomic E-state index is 12.4. The minimum atomic E-state index is -0.459. The van der Waals surface area contributed by atoms with Crippen LogP contribution in [0.5, 0.6) is 5.75 Å². The Balaban J connectivity index is 1.63. The van der Waals surface area contributed by atoms with Crippen LogP contribution in [0.3, 0.4) is 0 Å². The van der Waals surface area contributed by atoms with Crippen LogP contribution in [-0.4, -0.2) is 17.8 Å². The van der Waals surface area contributed by atoms with Crippen LogP contribution in [0.1, 0.15) is 27.6 Å². The van der Waals surface area contributed by atoms with Gasteiger partial charge in [0.25, 0.3) is 11.8 Å². The number of nitrogens with one attached hydrogen (secondary N) is 2. The van der Waals surface area contributed by atoms with E-state index in [4.69, 9.17) is 16.3 Å². The Morgan fingerprint density at radius 3 is 1.86 bits per heavy atom. The van der Waals surface area contributed by atoms with Gasteiger partial charge in [-0.25, -0.2) is 0 Å². The van der Waals surface area contributed by atoms with Gasteiger partial charge >= 0.3 is 5.97 Å². The molecule has 7 heteroatoms. The van der Waals surface area contributed by atoms with E-state index in [2.05, 4.69) is 10.6 Å². The lowest BCUT2D eigenvalue weighted by molar-refractivity contribution is -0.131. The molecule has 2 N–H and O–H groups in total. The molecule has 0 saturated heterocycles. The SMILES string of the molecule is CC(=O)Oc1cccc(C(=O)Nc2ccc(NC(=O)c3ccc(Cl)cc3)cc2)c1. The van der Waals surface area contributed by atoms with Crippen LogP contribution >= 0.6 is 11.6 Å². The van der Waals surface area contributed by atoms with Gasteiger partial charge in [-0.1, -0.05) is 17.7 Å². The summed E-state index contributed by atoms with van der Waals surface area (Å²) in [5.74, 6) is -0.776. The first-order chi connectivity index (χ1) is 13.9. The van der Waals surface area contributed by atoms with E-state index < -0.39 is 5.97 Å². The van der Waals surface area contributed by atoms with Gasteiger partial charge in [-0.3, -0.25) is 14.4 Å². The quantitative estimate of drug-likeness (QED) is 0.470. The number of rotatable bonds is 5. The Hall–Kier alpha value is -3.64. The molecule has 0 heterocycles. The van der Waals surface area contributed by atoms with Crippen molar-refractivity contribution in [1.82, 2.24) is 0 Å². The number of ether oxygens (including phenoxy) is 1. The highest BCUT2D eigenvalue weighted by molar-refractivity contribution is 6.30. The third kappa shape index (κ3) is 5.67. The predicted molar refractivity (Wildman–Crippen MR) is 112 cm³/mol. The molecule has 3 rings (SSSR count). The van der Waals surface area contributed by atoms with E-state index >= 15 is 0 Å². The fraction of sp³-hybridized carbons (Fsp3) is 0.0455. The molecule has 3 aromatic rings. The average molecular weight is 409 g/mol. The van der Waals surface area contributed by atoms with E-state index in [0.29, 0.717) is 33.3 Å². The second-order valence-electron chi connectivity index (χ2n) is 6.11. The number of hydrogen-bond acceptors (Lipinski definition) is 4. The number of esters is 1. The van der Waals surface area contributed by atoms with Crippen molar-refractivity contribution in [2.24, 2.45) is 0 Å². The second kappa shape index (κ2) is 9.03. The molecule has 146 valence electrons. The molecule has 29 heavy (non-hydrogen) atoms. The van der Waals surface area contributed by atoms with E-state index in [1.54, 1.807) is 66.7 Å². The van der Waals surface area contributed by atoms with E-state index in [9.17, 15) is 14.4 Å². The van der Waals surface area contributed by atoms with Gasteiger partial charge in [-0.15, -0.1) is 0 Å². The summed E-state index contributed by atoms with van der Waals surface area (Å²) < 4.78 is 4.98. The molecule has 0 aliphatic heterocycles. The Morgan fingerprint density at radius 1 is 0.759 bits per heavy atom. The lowest BCUT2D eigenvalue weighted by Crippen LogP contribution is -2.13. The first-order valence-corrected chi connectivity index (χ1v) is 9.05. The highest BCUT2D eigenvalue weighted by atomic mass is 35.5. The summed E-state index contributed by atoms with van der Waals surface area (Å²) in [6, 6.07) is 19.6.